The van der Waals surface area contributed by atoms with Crippen molar-refractivity contribution in [1.29, 1.82) is 0 Å². The summed E-state index contributed by atoms with van der Waals surface area (Å²) in [5.41, 5.74) is 0.883. The first-order chi connectivity index (χ1) is 9.81. The molecule has 0 atom stereocenters. The first-order valence-corrected chi connectivity index (χ1v) is 7.60. The van der Waals surface area contributed by atoms with Gasteiger partial charge < -0.3 is 10.4 Å². The highest BCUT2D eigenvalue weighted by Gasteiger charge is 2.18. The first-order valence-electron chi connectivity index (χ1n) is 5.58. The van der Waals surface area contributed by atoms with Gasteiger partial charge in [-0.25, -0.2) is 4.79 Å². The molecule has 4 nitrogen and oxygen atoms in total. The Balaban J connectivity index is 2.34. The highest BCUT2D eigenvalue weighted by molar-refractivity contribution is 7.13. The number of nitrogens with one attached hydrogen (secondary N) is 1. The van der Waals surface area contributed by atoms with Gasteiger partial charge in [0.2, 0.25) is 0 Å². The van der Waals surface area contributed by atoms with Crippen molar-refractivity contribution in [1.82, 2.24) is 0 Å². The van der Waals surface area contributed by atoms with E-state index in [4.69, 9.17) is 39.9 Å². The Morgan fingerprint density at radius 3 is 2.19 bits per heavy atom. The smallest absolute Gasteiger partial charge is 0.335 e. The van der Waals surface area contributed by atoms with E-state index in [0.29, 0.717) is 9.90 Å². The maximum atomic E-state index is 12.2. The molecule has 8 heteroatoms. The number of hydrogen-bond donors (Lipinski definition) is 2. The molecule has 21 heavy (non-hydrogen) atoms. The molecule has 1 amide bonds. The summed E-state index contributed by atoms with van der Waals surface area (Å²) in [5.74, 6) is -1.61. The number of halogens is 3. The number of aromatic carboxylic acids is 1. The summed E-state index contributed by atoms with van der Waals surface area (Å²) in [6.07, 6.45) is 0. The van der Waals surface area contributed by atoms with Crippen LogP contribution in [-0.4, -0.2) is 17.0 Å². The zero-order valence-corrected chi connectivity index (χ0v) is 13.6. The lowest BCUT2D eigenvalue weighted by Gasteiger charge is -2.10. The summed E-state index contributed by atoms with van der Waals surface area (Å²) in [6, 6.07) is 2.43. The van der Waals surface area contributed by atoms with Gasteiger partial charge in [0.15, 0.2) is 0 Å². The summed E-state index contributed by atoms with van der Waals surface area (Å²) in [4.78, 5) is 23.4. The molecule has 0 unspecified atom stereocenters. The maximum absolute atomic E-state index is 12.2. The molecular weight excluding hydrogens is 357 g/mol. The van der Waals surface area contributed by atoms with Crippen molar-refractivity contribution in [2.24, 2.45) is 0 Å². The van der Waals surface area contributed by atoms with Crippen molar-refractivity contribution < 1.29 is 14.7 Å². The molecule has 0 saturated carbocycles. The Morgan fingerprint density at radius 1 is 1.19 bits per heavy atom. The fraction of sp³-hybridized carbons (Fsp3) is 0.0769. The Kier molecular flexibility index (Phi) is 4.78. The lowest BCUT2D eigenvalue weighted by molar-refractivity contribution is 0.0696. The van der Waals surface area contributed by atoms with Gasteiger partial charge in [0.05, 0.1) is 26.3 Å². The van der Waals surface area contributed by atoms with Gasteiger partial charge in [-0.3, -0.25) is 4.79 Å². The number of anilines is 1. The van der Waals surface area contributed by atoms with Crippen molar-refractivity contribution in [2.45, 2.75) is 6.92 Å². The van der Waals surface area contributed by atoms with E-state index in [-0.39, 0.29) is 21.3 Å². The van der Waals surface area contributed by atoms with Crippen molar-refractivity contribution in [3.05, 3.63) is 48.6 Å². The number of amides is 1. The minimum absolute atomic E-state index is 0.0395. The minimum Gasteiger partial charge on any atom is -0.478 e. The summed E-state index contributed by atoms with van der Waals surface area (Å²) < 4.78 is 0. The molecule has 0 saturated heterocycles. The third kappa shape index (κ3) is 3.32. The number of carbonyl (C=O) groups excluding carboxylic acids is 1. The van der Waals surface area contributed by atoms with E-state index in [2.05, 4.69) is 5.32 Å². The molecule has 2 rings (SSSR count). The second-order valence-corrected chi connectivity index (χ2v) is 6.21. The van der Waals surface area contributed by atoms with Crippen molar-refractivity contribution in [2.75, 3.05) is 5.32 Å². The number of hydrogen-bond acceptors (Lipinski definition) is 3. The molecule has 110 valence electrons. The van der Waals surface area contributed by atoms with E-state index in [0.717, 1.165) is 5.56 Å². The van der Waals surface area contributed by atoms with Gasteiger partial charge in [0, 0.05) is 0 Å². The second kappa shape index (κ2) is 6.23. The number of benzene rings is 1. The van der Waals surface area contributed by atoms with E-state index in [1.807, 2.05) is 0 Å². The molecule has 0 bridgehead atoms. The number of aryl methyl sites for hydroxylation is 1. The topological polar surface area (TPSA) is 66.4 Å². The summed E-state index contributed by atoms with van der Waals surface area (Å²) in [6.45, 7) is 1.79. The Morgan fingerprint density at radius 2 is 1.76 bits per heavy atom. The van der Waals surface area contributed by atoms with Crippen LogP contribution in [0.1, 0.15) is 25.6 Å². The van der Waals surface area contributed by atoms with Crippen molar-refractivity contribution in [3.8, 4) is 0 Å². The molecule has 0 spiro atoms. The Bertz CT molecular complexity index is 719. The molecule has 2 aromatic rings. The summed E-state index contributed by atoms with van der Waals surface area (Å²) in [5, 5.41) is 13.7. The molecule has 2 N–H and O–H groups in total. The monoisotopic (exact) mass is 363 g/mol. The number of carboxylic acids is 1. The zero-order valence-electron chi connectivity index (χ0n) is 10.5. The van der Waals surface area contributed by atoms with Crippen LogP contribution in [-0.2, 0) is 0 Å². The van der Waals surface area contributed by atoms with Crippen LogP contribution >= 0.6 is 46.1 Å². The van der Waals surface area contributed by atoms with Gasteiger partial charge in [-0.05, 0) is 30.0 Å². The Labute approximate surface area is 139 Å². The van der Waals surface area contributed by atoms with Gasteiger partial charge in [-0.15, -0.1) is 11.3 Å². The Hall–Kier alpha value is -1.27. The van der Waals surface area contributed by atoms with Crippen LogP contribution < -0.4 is 5.32 Å². The predicted octanol–water partition coefficient (Wildman–Crippen LogP) is 4.97. The van der Waals surface area contributed by atoms with Crippen LogP contribution in [0.25, 0.3) is 0 Å². The van der Waals surface area contributed by atoms with Crippen LogP contribution in [0.2, 0.25) is 15.1 Å². The number of carbonyl (C=O) groups is 2. The highest BCUT2D eigenvalue weighted by Crippen LogP contribution is 2.34. The number of thiophene rings is 1. The SMILES string of the molecule is Cc1csc(C(=O)Nc2c(Cl)cc(C(=O)O)cc2Cl)c1Cl. The summed E-state index contributed by atoms with van der Waals surface area (Å²) >= 11 is 19.1. The third-order valence-electron chi connectivity index (χ3n) is 2.63. The standard InChI is InChI=1S/C13H8Cl3NO3S/c1-5-4-21-11(9(5)16)12(18)17-10-7(14)2-6(13(19)20)3-8(10)15/h2-4H,1H3,(H,17,18)(H,19,20). The fourth-order valence-corrected chi connectivity index (χ4v) is 3.32. The van der Waals surface area contributed by atoms with Crippen molar-refractivity contribution in [3.63, 3.8) is 0 Å². The molecule has 1 aromatic carbocycles. The third-order valence-corrected chi connectivity index (χ3v) is 4.92. The number of rotatable bonds is 3. The molecule has 0 aliphatic heterocycles. The van der Waals surface area contributed by atoms with E-state index in [1.165, 1.54) is 23.5 Å². The largest absolute Gasteiger partial charge is 0.478 e. The van der Waals surface area contributed by atoms with E-state index < -0.39 is 11.9 Å². The first kappa shape index (κ1) is 16.1. The van der Waals surface area contributed by atoms with Gasteiger partial charge in [-0.2, -0.15) is 0 Å². The highest BCUT2D eigenvalue weighted by atomic mass is 35.5. The molecule has 1 aromatic heterocycles. The average molecular weight is 365 g/mol. The van der Waals surface area contributed by atoms with Crippen molar-refractivity contribution >= 4 is 63.7 Å². The van der Waals surface area contributed by atoms with Gasteiger partial charge >= 0.3 is 5.97 Å². The van der Waals surface area contributed by atoms with Crippen LogP contribution in [0, 0.1) is 6.92 Å². The second-order valence-electron chi connectivity index (χ2n) is 4.14. The predicted molar refractivity (Wildman–Crippen MR) is 85.4 cm³/mol. The lowest BCUT2D eigenvalue weighted by Crippen LogP contribution is -2.12. The lowest BCUT2D eigenvalue weighted by atomic mass is 10.2. The molecule has 1 heterocycles. The minimum atomic E-state index is -1.16. The van der Waals surface area contributed by atoms with E-state index in [1.54, 1.807) is 12.3 Å². The molecular formula is C13H8Cl3NO3S. The molecule has 0 fully saturated rings. The molecule has 0 aliphatic rings. The molecule has 0 radical (unpaired) electrons. The quantitative estimate of drug-likeness (QED) is 0.808. The fourth-order valence-electron chi connectivity index (χ4n) is 1.57. The van der Waals surface area contributed by atoms with Crippen LogP contribution in [0.5, 0.6) is 0 Å². The maximum Gasteiger partial charge on any atom is 0.335 e. The molecule has 0 aliphatic carbocycles. The van der Waals surface area contributed by atoms with Gasteiger partial charge in [0.25, 0.3) is 5.91 Å². The van der Waals surface area contributed by atoms with Crippen LogP contribution in [0.3, 0.4) is 0 Å². The van der Waals surface area contributed by atoms with Gasteiger partial charge in [-0.1, -0.05) is 34.8 Å². The van der Waals surface area contributed by atoms with Crippen LogP contribution in [0.4, 0.5) is 5.69 Å². The average Bonchev–Trinajstić information content (AvgIpc) is 2.74. The van der Waals surface area contributed by atoms with Crippen LogP contribution in [0.15, 0.2) is 17.5 Å². The normalized spacial score (nSPS) is 10.5. The zero-order chi connectivity index (χ0) is 15.7. The van der Waals surface area contributed by atoms with Gasteiger partial charge in [0.1, 0.15) is 4.88 Å². The number of carboxylic acid groups (broad SMARTS) is 1. The summed E-state index contributed by atoms with van der Waals surface area (Å²) in [7, 11) is 0. The van der Waals surface area contributed by atoms with E-state index >= 15 is 0 Å². The van der Waals surface area contributed by atoms with E-state index in [9.17, 15) is 9.59 Å².